The molecule has 1 fully saturated rings. The first-order valence-corrected chi connectivity index (χ1v) is 10.7. The van der Waals surface area contributed by atoms with Gasteiger partial charge in [-0.1, -0.05) is 72.8 Å². The minimum absolute atomic E-state index is 0.187. The molecule has 0 spiro atoms. The van der Waals surface area contributed by atoms with E-state index in [4.69, 9.17) is 23.2 Å². The van der Waals surface area contributed by atoms with Crippen molar-refractivity contribution in [2.75, 3.05) is 14.1 Å². The second-order valence-electron chi connectivity index (χ2n) is 7.91. The van der Waals surface area contributed by atoms with Gasteiger partial charge >= 0.3 is 0 Å². The summed E-state index contributed by atoms with van der Waals surface area (Å²) >= 11 is 12.8. The molecule has 0 aliphatic heterocycles. The van der Waals surface area contributed by atoms with Gasteiger partial charge in [0, 0.05) is 10.0 Å². The Kier molecular flexibility index (Phi) is 5.91. The zero-order valence-corrected chi connectivity index (χ0v) is 18.2. The molecular formula is C22H25Cl2N5. The van der Waals surface area contributed by atoms with Crippen molar-refractivity contribution >= 4 is 23.2 Å². The van der Waals surface area contributed by atoms with E-state index in [2.05, 4.69) is 34.5 Å². The largest absolute Gasteiger partial charge is 0.297 e. The molecule has 1 aromatic heterocycles. The Hall–Kier alpha value is -1.95. The first-order chi connectivity index (χ1) is 14.0. The van der Waals surface area contributed by atoms with E-state index in [1.165, 1.54) is 19.3 Å². The van der Waals surface area contributed by atoms with E-state index in [0.29, 0.717) is 10.0 Å². The van der Waals surface area contributed by atoms with Crippen LogP contribution in [-0.4, -0.2) is 39.2 Å². The van der Waals surface area contributed by atoms with Crippen LogP contribution in [0.15, 0.2) is 48.5 Å². The van der Waals surface area contributed by atoms with Crippen molar-refractivity contribution in [3.05, 3.63) is 75.5 Å². The molecule has 0 saturated heterocycles. The van der Waals surface area contributed by atoms with Crippen LogP contribution in [0.2, 0.25) is 10.0 Å². The molecule has 1 saturated carbocycles. The minimum atomic E-state index is -0.232. The van der Waals surface area contributed by atoms with Gasteiger partial charge in [-0.05, 0) is 66.7 Å². The highest BCUT2D eigenvalue weighted by Gasteiger charge is 2.42. The van der Waals surface area contributed by atoms with E-state index in [1.54, 1.807) is 0 Å². The van der Waals surface area contributed by atoms with Crippen LogP contribution in [0.25, 0.3) is 0 Å². The van der Waals surface area contributed by atoms with Crippen LogP contribution in [0, 0.1) is 0 Å². The fraction of sp³-hybridized carbons (Fsp3) is 0.409. The molecule has 0 bridgehead atoms. The molecule has 3 aromatic rings. The molecule has 29 heavy (non-hydrogen) atoms. The fourth-order valence-corrected chi connectivity index (χ4v) is 4.84. The van der Waals surface area contributed by atoms with Gasteiger partial charge in [-0.15, -0.1) is 5.10 Å². The molecule has 0 amide bonds. The Morgan fingerprint density at radius 1 is 0.966 bits per heavy atom. The number of benzene rings is 2. The van der Waals surface area contributed by atoms with Crippen molar-refractivity contribution in [2.45, 2.75) is 43.7 Å². The lowest BCUT2D eigenvalue weighted by molar-refractivity contribution is 0.0830. The molecule has 4 rings (SSSR count). The second kappa shape index (κ2) is 8.42. The third kappa shape index (κ3) is 3.79. The van der Waals surface area contributed by atoms with Crippen LogP contribution in [-0.2, 0) is 5.54 Å². The van der Waals surface area contributed by atoms with E-state index in [9.17, 15) is 0 Å². The first-order valence-electron chi connectivity index (χ1n) is 9.98. The van der Waals surface area contributed by atoms with E-state index in [-0.39, 0.29) is 11.6 Å². The Morgan fingerprint density at radius 3 is 2.31 bits per heavy atom. The minimum Gasteiger partial charge on any atom is -0.297 e. The van der Waals surface area contributed by atoms with Gasteiger partial charge in [-0.25, -0.2) is 4.68 Å². The molecule has 1 aliphatic rings. The highest BCUT2D eigenvalue weighted by atomic mass is 35.5. The van der Waals surface area contributed by atoms with Crippen molar-refractivity contribution in [1.82, 2.24) is 25.1 Å². The Balaban J connectivity index is 1.90. The predicted molar refractivity (Wildman–Crippen MR) is 116 cm³/mol. The maximum Gasteiger partial charge on any atom is 0.172 e. The number of tetrazole rings is 1. The monoisotopic (exact) mass is 429 g/mol. The topological polar surface area (TPSA) is 46.8 Å². The molecule has 1 atom stereocenters. The van der Waals surface area contributed by atoms with Crippen LogP contribution in [0.1, 0.15) is 55.1 Å². The summed E-state index contributed by atoms with van der Waals surface area (Å²) < 4.78 is 1.95. The van der Waals surface area contributed by atoms with Gasteiger partial charge in [0.25, 0.3) is 0 Å². The second-order valence-corrected chi connectivity index (χ2v) is 8.75. The highest BCUT2D eigenvalue weighted by molar-refractivity contribution is 6.31. The predicted octanol–water partition coefficient (Wildman–Crippen LogP) is 5.34. The summed E-state index contributed by atoms with van der Waals surface area (Å²) in [6, 6.07) is 15.5. The van der Waals surface area contributed by atoms with Gasteiger partial charge in [-0.3, -0.25) is 4.90 Å². The van der Waals surface area contributed by atoms with Crippen LogP contribution >= 0.6 is 23.2 Å². The lowest BCUT2D eigenvalue weighted by atomic mass is 9.79. The van der Waals surface area contributed by atoms with Gasteiger partial charge in [0.15, 0.2) is 5.82 Å². The number of aromatic nitrogens is 4. The molecule has 0 radical (unpaired) electrons. The third-order valence-corrected chi connectivity index (χ3v) is 6.67. The Bertz CT molecular complexity index is 961. The third-order valence-electron chi connectivity index (χ3n) is 6.08. The fourth-order valence-electron chi connectivity index (χ4n) is 4.48. The molecule has 0 N–H and O–H groups in total. The SMILES string of the molecule is CN(C)C1(c2nnnn2[C@H](c2ccc(Cl)cc2)c2ccccc2Cl)CCCCC1. The average molecular weight is 430 g/mol. The number of hydrogen-bond donors (Lipinski definition) is 0. The maximum atomic E-state index is 6.63. The van der Waals surface area contributed by atoms with Gasteiger partial charge in [0.05, 0.1) is 5.54 Å². The summed E-state index contributed by atoms with van der Waals surface area (Å²) in [5.41, 5.74) is 1.82. The van der Waals surface area contributed by atoms with Crippen molar-refractivity contribution < 1.29 is 0 Å². The van der Waals surface area contributed by atoms with Crippen LogP contribution in [0.5, 0.6) is 0 Å². The normalized spacial score (nSPS) is 17.4. The summed E-state index contributed by atoms with van der Waals surface area (Å²) in [5, 5.41) is 14.5. The van der Waals surface area contributed by atoms with Gasteiger partial charge in [-0.2, -0.15) is 0 Å². The van der Waals surface area contributed by atoms with E-state index in [1.807, 2.05) is 53.2 Å². The maximum absolute atomic E-state index is 6.63. The lowest BCUT2D eigenvalue weighted by Crippen LogP contribution is -2.45. The molecule has 0 unspecified atom stereocenters. The summed E-state index contributed by atoms with van der Waals surface area (Å²) in [5.74, 6) is 0.891. The van der Waals surface area contributed by atoms with Crippen molar-refractivity contribution in [3.63, 3.8) is 0 Å². The van der Waals surface area contributed by atoms with Crippen molar-refractivity contribution in [2.24, 2.45) is 0 Å². The van der Waals surface area contributed by atoms with Gasteiger partial charge in [0.1, 0.15) is 6.04 Å². The summed E-state index contributed by atoms with van der Waals surface area (Å²) in [7, 11) is 4.24. The molecule has 1 heterocycles. The zero-order chi connectivity index (χ0) is 20.4. The number of nitrogens with zero attached hydrogens (tertiary/aromatic N) is 5. The molecular weight excluding hydrogens is 405 g/mol. The van der Waals surface area contributed by atoms with Gasteiger partial charge < -0.3 is 0 Å². The molecule has 1 aliphatic carbocycles. The Morgan fingerprint density at radius 2 is 1.66 bits per heavy atom. The molecule has 7 heteroatoms. The molecule has 152 valence electrons. The molecule has 5 nitrogen and oxygen atoms in total. The van der Waals surface area contributed by atoms with E-state index in [0.717, 1.165) is 29.8 Å². The van der Waals surface area contributed by atoms with Crippen LogP contribution < -0.4 is 0 Å². The first kappa shape index (κ1) is 20.3. The number of halogens is 2. The van der Waals surface area contributed by atoms with Crippen LogP contribution in [0.3, 0.4) is 0 Å². The zero-order valence-electron chi connectivity index (χ0n) is 16.7. The van der Waals surface area contributed by atoms with Crippen molar-refractivity contribution in [1.29, 1.82) is 0 Å². The van der Waals surface area contributed by atoms with E-state index >= 15 is 0 Å². The summed E-state index contributed by atoms with van der Waals surface area (Å²) in [4.78, 5) is 2.28. The highest BCUT2D eigenvalue weighted by Crippen LogP contribution is 2.42. The molecule has 2 aromatic carbocycles. The van der Waals surface area contributed by atoms with Gasteiger partial charge in [0.2, 0.25) is 0 Å². The lowest BCUT2D eigenvalue weighted by Gasteiger charge is -2.42. The van der Waals surface area contributed by atoms with Crippen molar-refractivity contribution in [3.8, 4) is 0 Å². The smallest absolute Gasteiger partial charge is 0.172 e. The van der Waals surface area contributed by atoms with E-state index < -0.39 is 0 Å². The quantitative estimate of drug-likeness (QED) is 0.548. The number of rotatable bonds is 5. The standard InChI is InChI=1S/C22H25Cl2N5/c1-28(2)22(14-6-3-7-15-22)21-25-26-27-29(21)20(16-10-12-17(23)13-11-16)18-8-4-5-9-19(18)24/h4-5,8-13,20H,3,6-7,14-15H2,1-2H3/t20-/m1/s1. The number of hydrogen-bond acceptors (Lipinski definition) is 4. The average Bonchev–Trinajstić information content (AvgIpc) is 3.21. The van der Waals surface area contributed by atoms with Crippen LogP contribution in [0.4, 0.5) is 0 Å². The Labute approximate surface area is 181 Å². The summed E-state index contributed by atoms with van der Waals surface area (Å²) in [6.07, 6.45) is 5.67. The summed E-state index contributed by atoms with van der Waals surface area (Å²) in [6.45, 7) is 0.